The van der Waals surface area contributed by atoms with Crippen molar-refractivity contribution in [3.8, 4) is 0 Å². The maximum atomic E-state index is 3.36. The quantitative estimate of drug-likeness (QED) is 0.541. The Morgan fingerprint density at radius 2 is 2.00 bits per heavy atom. The summed E-state index contributed by atoms with van der Waals surface area (Å²) >= 11 is 0. The second kappa shape index (κ2) is 2.67. The highest BCUT2D eigenvalue weighted by atomic mass is 15.2. The van der Waals surface area contributed by atoms with Gasteiger partial charge in [-0.25, -0.2) is 0 Å². The van der Waals surface area contributed by atoms with Gasteiger partial charge in [-0.2, -0.15) is 0 Å². The molecular formula is C7H16N2. The van der Waals surface area contributed by atoms with E-state index in [2.05, 4.69) is 31.2 Å². The topological polar surface area (TPSA) is 15.3 Å². The first kappa shape index (κ1) is 7.03. The summed E-state index contributed by atoms with van der Waals surface area (Å²) in [7, 11) is 4.29. The van der Waals surface area contributed by atoms with E-state index in [4.69, 9.17) is 0 Å². The number of hydrogen-bond acceptors (Lipinski definition) is 2. The molecule has 1 rings (SSSR count). The van der Waals surface area contributed by atoms with Gasteiger partial charge in [0.25, 0.3) is 0 Å². The van der Waals surface area contributed by atoms with E-state index in [-0.39, 0.29) is 0 Å². The highest BCUT2D eigenvalue weighted by molar-refractivity contribution is 4.83. The molecule has 0 aliphatic carbocycles. The lowest BCUT2D eigenvalue weighted by atomic mass is 10.1. The molecule has 0 aromatic heterocycles. The summed E-state index contributed by atoms with van der Waals surface area (Å²) in [5.74, 6) is 0.819. The lowest BCUT2D eigenvalue weighted by molar-refractivity contribution is 0.266. The fourth-order valence-electron chi connectivity index (χ4n) is 1.49. The molecule has 1 saturated heterocycles. The van der Waals surface area contributed by atoms with Crippen LogP contribution < -0.4 is 5.32 Å². The van der Waals surface area contributed by atoms with E-state index in [9.17, 15) is 0 Å². The Labute approximate surface area is 57.2 Å². The van der Waals surface area contributed by atoms with Crippen molar-refractivity contribution in [3.05, 3.63) is 0 Å². The Morgan fingerprint density at radius 1 is 1.33 bits per heavy atom. The number of hydrogen-bond donors (Lipinski definition) is 1. The van der Waals surface area contributed by atoms with E-state index >= 15 is 0 Å². The van der Waals surface area contributed by atoms with Crippen LogP contribution in [0.15, 0.2) is 0 Å². The average Bonchev–Trinajstić information content (AvgIpc) is 2.13. The van der Waals surface area contributed by atoms with Crippen LogP contribution in [0, 0.1) is 5.92 Å². The fourth-order valence-corrected chi connectivity index (χ4v) is 1.49. The van der Waals surface area contributed by atoms with E-state index < -0.39 is 0 Å². The molecule has 2 atom stereocenters. The van der Waals surface area contributed by atoms with Gasteiger partial charge < -0.3 is 10.2 Å². The van der Waals surface area contributed by atoms with Crippen molar-refractivity contribution in [2.75, 3.05) is 27.2 Å². The molecule has 9 heavy (non-hydrogen) atoms. The van der Waals surface area contributed by atoms with E-state index in [0.717, 1.165) is 18.5 Å². The van der Waals surface area contributed by atoms with Gasteiger partial charge in [0.2, 0.25) is 0 Å². The van der Waals surface area contributed by atoms with Crippen LogP contribution in [0.25, 0.3) is 0 Å². The molecule has 1 unspecified atom stereocenters. The monoisotopic (exact) mass is 128 g/mol. The summed E-state index contributed by atoms with van der Waals surface area (Å²) in [6.07, 6.45) is 0. The van der Waals surface area contributed by atoms with Crippen LogP contribution >= 0.6 is 0 Å². The summed E-state index contributed by atoms with van der Waals surface area (Å²) in [5.41, 5.74) is 0. The van der Waals surface area contributed by atoms with Gasteiger partial charge in [0, 0.05) is 12.6 Å². The van der Waals surface area contributed by atoms with E-state index in [0.29, 0.717) is 0 Å². The molecule has 0 radical (unpaired) electrons. The molecule has 0 aromatic rings. The first-order chi connectivity index (χ1) is 4.22. The van der Waals surface area contributed by atoms with Crippen LogP contribution in [0.3, 0.4) is 0 Å². The molecule has 1 heterocycles. The third kappa shape index (κ3) is 1.43. The predicted octanol–water partition coefficient (Wildman–Crippen LogP) is 0.156. The van der Waals surface area contributed by atoms with Crippen LogP contribution in [0.5, 0.6) is 0 Å². The zero-order valence-electron chi connectivity index (χ0n) is 6.52. The molecule has 1 aliphatic rings. The molecule has 0 amide bonds. The Bertz CT molecular complexity index is 90.9. The summed E-state index contributed by atoms with van der Waals surface area (Å²) < 4.78 is 0. The maximum Gasteiger partial charge on any atom is 0.0252 e. The van der Waals surface area contributed by atoms with Crippen molar-refractivity contribution in [1.82, 2.24) is 10.2 Å². The second-order valence-electron chi connectivity index (χ2n) is 3.17. The van der Waals surface area contributed by atoms with Crippen LogP contribution in [-0.2, 0) is 0 Å². The van der Waals surface area contributed by atoms with E-state index in [1.165, 1.54) is 6.54 Å². The molecule has 1 aliphatic heterocycles. The van der Waals surface area contributed by atoms with Gasteiger partial charge in [-0.15, -0.1) is 0 Å². The minimum Gasteiger partial charge on any atom is -0.315 e. The van der Waals surface area contributed by atoms with Crippen LogP contribution in [-0.4, -0.2) is 38.1 Å². The molecule has 1 N–H and O–H groups in total. The highest BCUT2D eigenvalue weighted by Crippen LogP contribution is 2.11. The van der Waals surface area contributed by atoms with Crippen LogP contribution in [0.2, 0.25) is 0 Å². The molecule has 1 fully saturated rings. The van der Waals surface area contributed by atoms with Gasteiger partial charge in [0.15, 0.2) is 0 Å². The SMILES string of the molecule is C[C@H]1CNCC1N(C)C. The Morgan fingerprint density at radius 3 is 2.22 bits per heavy atom. The van der Waals surface area contributed by atoms with Gasteiger partial charge in [-0.1, -0.05) is 6.92 Å². The van der Waals surface area contributed by atoms with Crippen molar-refractivity contribution in [3.63, 3.8) is 0 Å². The van der Waals surface area contributed by atoms with Crippen molar-refractivity contribution in [2.24, 2.45) is 5.92 Å². The first-order valence-electron chi connectivity index (χ1n) is 3.59. The molecule has 0 bridgehead atoms. The first-order valence-corrected chi connectivity index (χ1v) is 3.59. The minimum atomic E-state index is 0.755. The molecule has 54 valence electrons. The zero-order chi connectivity index (χ0) is 6.85. The zero-order valence-corrected chi connectivity index (χ0v) is 6.52. The summed E-state index contributed by atoms with van der Waals surface area (Å²) in [6.45, 7) is 4.64. The summed E-state index contributed by atoms with van der Waals surface area (Å²) in [6, 6.07) is 0.755. The molecular weight excluding hydrogens is 112 g/mol. The van der Waals surface area contributed by atoms with Gasteiger partial charge >= 0.3 is 0 Å². The van der Waals surface area contributed by atoms with Crippen molar-refractivity contribution < 1.29 is 0 Å². The summed E-state index contributed by atoms with van der Waals surface area (Å²) in [5, 5.41) is 3.36. The molecule has 2 heteroatoms. The van der Waals surface area contributed by atoms with Gasteiger partial charge in [0.05, 0.1) is 0 Å². The number of rotatable bonds is 1. The van der Waals surface area contributed by atoms with Crippen molar-refractivity contribution in [2.45, 2.75) is 13.0 Å². The van der Waals surface area contributed by atoms with Gasteiger partial charge in [0.1, 0.15) is 0 Å². The molecule has 0 aromatic carbocycles. The fraction of sp³-hybridized carbons (Fsp3) is 1.00. The molecule has 0 spiro atoms. The standard InChI is InChI=1S/C7H16N2/c1-6-4-8-5-7(6)9(2)3/h6-8H,4-5H2,1-3H3/t6-,7?/m0/s1. The van der Waals surface area contributed by atoms with Gasteiger partial charge in [-0.3, -0.25) is 0 Å². The summed E-state index contributed by atoms with van der Waals surface area (Å²) in [4.78, 5) is 2.30. The second-order valence-corrected chi connectivity index (χ2v) is 3.17. The third-order valence-electron chi connectivity index (χ3n) is 2.14. The number of nitrogens with one attached hydrogen (secondary N) is 1. The van der Waals surface area contributed by atoms with E-state index in [1.54, 1.807) is 0 Å². The largest absolute Gasteiger partial charge is 0.315 e. The molecule has 2 nitrogen and oxygen atoms in total. The predicted molar refractivity (Wildman–Crippen MR) is 39.5 cm³/mol. The maximum absolute atomic E-state index is 3.36. The van der Waals surface area contributed by atoms with Crippen molar-refractivity contribution >= 4 is 0 Å². The smallest absolute Gasteiger partial charge is 0.0252 e. The number of nitrogens with zero attached hydrogens (tertiary/aromatic N) is 1. The Balaban J connectivity index is 2.40. The average molecular weight is 128 g/mol. The lowest BCUT2D eigenvalue weighted by Crippen LogP contribution is -2.33. The Kier molecular flexibility index (Phi) is 2.09. The number of likely N-dealkylation sites (N-methyl/N-ethyl adjacent to an activating group) is 1. The highest BCUT2D eigenvalue weighted by Gasteiger charge is 2.23. The minimum absolute atomic E-state index is 0.755. The Hall–Kier alpha value is -0.0800. The van der Waals surface area contributed by atoms with Crippen molar-refractivity contribution in [1.29, 1.82) is 0 Å². The van der Waals surface area contributed by atoms with Crippen LogP contribution in [0.1, 0.15) is 6.92 Å². The normalized spacial score (nSPS) is 36.0. The van der Waals surface area contributed by atoms with E-state index in [1.807, 2.05) is 0 Å². The lowest BCUT2D eigenvalue weighted by Gasteiger charge is -2.21. The van der Waals surface area contributed by atoms with Gasteiger partial charge in [-0.05, 0) is 26.6 Å². The molecule has 0 saturated carbocycles. The third-order valence-corrected chi connectivity index (χ3v) is 2.14. The van der Waals surface area contributed by atoms with Crippen LogP contribution in [0.4, 0.5) is 0 Å².